The number of aliphatic imine (C=N–C) groups is 1. The number of nitrogens with one attached hydrogen (secondary N) is 2. The van der Waals surface area contributed by atoms with E-state index >= 15 is 0 Å². The Morgan fingerprint density at radius 1 is 1.26 bits per heavy atom. The van der Waals surface area contributed by atoms with Gasteiger partial charge >= 0.3 is 6.36 Å². The van der Waals surface area contributed by atoms with Crippen molar-refractivity contribution < 1.29 is 27.8 Å². The molecule has 1 aromatic carbocycles. The zero-order chi connectivity index (χ0) is 22.1. The van der Waals surface area contributed by atoms with E-state index in [9.17, 15) is 23.1 Å². The van der Waals surface area contributed by atoms with Gasteiger partial charge in [0.1, 0.15) is 11.5 Å². The molecule has 0 aromatic heterocycles. The van der Waals surface area contributed by atoms with Crippen LogP contribution in [-0.2, 0) is 10.2 Å². The summed E-state index contributed by atoms with van der Waals surface area (Å²) in [6, 6.07) is 5.86. The van der Waals surface area contributed by atoms with Crippen LogP contribution in [0.2, 0.25) is 0 Å². The molecule has 1 unspecified atom stereocenters. The first kappa shape index (κ1) is 21.4. The maximum Gasteiger partial charge on any atom is 0.573 e. The molecule has 0 saturated heterocycles. The van der Waals surface area contributed by atoms with Gasteiger partial charge in [0.05, 0.1) is 11.5 Å². The molecule has 166 valence electrons. The van der Waals surface area contributed by atoms with E-state index in [-0.39, 0.29) is 28.4 Å². The first-order valence-electron chi connectivity index (χ1n) is 10.3. The average Bonchev–Trinajstić information content (AvgIpc) is 3.22. The van der Waals surface area contributed by atoms with Gasteiger partial charge in [-0.15, -0.1) is 13.2 Å². The van der Waals surface area contributed by atoms with Crippen LogP contribution in [0.25, 0.3) is 0 Å². The number of fused-ring (bicyclic) bond motifs is 1. The van der Waals surface area contributed by atoms with Crippen molar-refractivity contribution in [3.05, 3.63) is 52.9 Å². The Morgan fingerprint density at radius 2 is 1.97 bits per heavy atom. The van der Waals surface area contributed by atoms with Crippen LogP contribution in [0.15, 0.2) is 52.4 Å². The third-order valence-electron chi connectivity index (χ3n) is 6.20. The zero-order valence-corrected chi connectivity index (χ0v) is 16.8. The number of alkyl halides is 3. The van der Waals surface area contributed by atoms with E-state index in [0.29, 0.717) is 19.6 Å². The predicted molar refractivity (Wildman–Crippen MR) is 109 cm³/mol. The normalized spacial score (nSPS) is 22.7. The minimum absolute atomic E-state index is 0.0000688. The molecule has 0 bridgehead atoms. The lowest BCUT2D eigenvalue weighted by atomic mass is 9.78. The summed E-state index contributed by atoms with van der Waals surface area (Å²) in [4.78, 5) is 17.1. The van der Waals surface area contributed by atoms with Gasteiger partial charge in [-0.05, 0) is 36.6 Å². The number of dihydropyridines is 1. The second-order valence-electron chi connectivity index (χ2n) is 8.14. The molecule has 31 heavy (non-hydrogen) atoms. The fourth-order valence-electron chi connectivity index (χ4n) is 4.57. The van der Waals surface area contributed by atoms with Gasteiger partial charge < -0.3 is 20.5 Å². The van der Waals surface area contributed by atoms with Crippen molar-refractivity contribution in [1.82, 2.24) is 10.6 Å². The van der Waals surface area contributed by atoms with Gasteiger partial charge in [0, 0.05) is 37.0 Å². The Hall–Kier alpha value is -2.81. The van der Waals surface area contributed by atoms with E-state index < -0.39 is 12.3 Å². The number of amides is 1. The number of aliphatic hydroxyl groups is 1. The van der Waals surface area contributed by atoms with Crippen LogP contribution in [0, 0.1) is 5.92 Å². The molecular formula is C22H24F3N3O3. The number of aliphatic hydroxyl groups excluding tert-OH is 1. The molecule has 1 atom stereocenters. The molecule has 0 radical (unpaired) electrons. The van der Waals surface area contributed by atoms with Crippen LogP contribution in [-0.4, -0.2) is 43.2 Å². The highest BCUT2D eigenvalue weighted by Crippen LogP contribution is 2.41. The minimum atomic E-state index is -4.74. The van der Waals surface area contributed by atoms with E-state index in [1.165, 1.54) is 18.3 Å². The number of rotatable bonds is 5. The standard InChI is InChI=1S/C22H24F3N3O3/c23-22(24,25)31-15-5-3-14(4-6-15)21(8-1-2-9-21)13-28-20(30)17-12-27-18-7-10-26-11-16(18)19(17)29/h3-7,12,16,26,29H,1-2,8-11,13H2,(H,28,30). The molecule has 9 heteroatoms. The molecule has 0 spiro atoms. The SMILES string of the molecule is O=C(NCC1(c2ccc(OC(F)(F)F)cc2)CCCC1)C1=C(O)C2CNCC=C2N=C1. The molecule has 1 amide bonds. The third-order valence-corrected chi connectivity index (χ3v) is 6.20. The minimum Gasteiger partial charge on any atom is -0.511 e. The van der Waals surface area contributed by atoms with Gasteiger partial charge in [-0.25, -0.2) is 0 Å². The molecule has 4 rings (SSSR count). The van der Waals surface area contributed by atoms with Crippen LogP contribution in [0.4, 0.5) is 13.2 Å². The highest BCUT2D eigenvalue weighted by atomic mass is 19.4. The van der Waals surface area contributed by atoms with E-state index in [2.05, 4.69) is 20.4 Å². The van der Waals surface area contributed by atoms with Crippen molar-refractivity contribution in [2.45, 2.75) is 37.5 Å². The molecule has 3 aliphatic rings. The molecule has 1 aromatic rings. The topological polar surface area (TPSA) is 83.0 Å². The number of nitrogens with zero attached hydrogens (tertiary/aromatic N) is 1. The number of hydrogen-bond donors (Lipinski definition) is 3. The Bertz CT molecular complexity index is 930. The highest BCUT2D eigenvalue weighted by Gasteiger charge is 2.37. The molecule has 1 saturated carbocycles. The number of carbonyl (C=O) groups excluding carboxylic acids is 1. The largest absolute Gasteiger partial charge is 0.573 e. The Morgan fingerprint density at radius 3 is 2.65 bits per heavy atom. The number of carbonyl (C=O) groups is 1. The highest BCUT2D eigenvalue weighted by molar-refractivity contribution is 6.13. The molecular weight excluding hydrogens is 411 g/mol. The molecule has 2 heterocycles. The first-order valence-corrected chi connectivity index (χ1v) is 10.3. The van der Waals surface area contributed by atoms with Gasteiger partial charge in [-0.2, -0.15) is 0 Å². The van der Waals surface area contributed by atoms with Crippen molar-refractivity contribution in [3.8, 4) is 5.75 Å². The van der Waals surface area contributed by atoms with Crippen LogP contribution < -0.4 is 15.4 Å². The molecule has 2 aliphatic heterocycles. The molecule has 3 N–H and O–H groups in total. The Labute approximate surface area is 177 Å². The van der Waals surface area contributed by atoms with E-state index in [0.717, 1.165) is 36.9 Å². The van der Waals surface area contributed by atoms with Crippen LogP contribution in [0.1, 0.15) is 31.2 Å². The van der Waals surface area contributed by atoms with Crippen LogP contribution >= 0.6 is 0 Å². The summed E-state index contributed by atoms with van der Waals surface area (Å²) in [5, 5.41) is 16.6. The van der Waals surface area contributed by atoms with E-state index in [1.54, 1.807) is 12.1 Å². The lowest BCUT2D eigenvalue weighted by molar-refractivity contribution is -0.274. The lowest BCUT2D eigenvalue weighted by Crippen LogP contribution is -2.41. The molecule has 1 fully saturated rings. The first-order chi connectivity index (χ1) is 14.8. The number of hydrogen-bond acceptors (Lipinski definition) is 5. The van der Waals surface area contributed by atoms with E-state index in [1.807, 2.05) is 6.08 Å². The predicted octanol–water partition coefficient (Wildman–Crippen LogP) is 3.51. The number of ether oxygens (including phenoxy) is 1. The summed E-state index contributed by atoms with van der Waals surface area (Å²) in [7, 11) is 0. The monoisotopic (exact) mass is 435 g/mol. The summed E-state index contributed by atoms with van der Waals surface area (Å²) in [6.07, 6.45) is 2.09. The maximum absolute atomic E-state index is 12.8. The summed E-state index contributed by atoms with van der Waals surface area (Å²) < 4.78 is 41.2. The van der Waals surface area contributed by atoms with Gasteiger partial charge in [-0.3, -0.25) is 9.79 Å². The second-order valence-corrected chi connectivity index (χ2v) is 8.14. The van der Waals surface area contributed by atoms with Crippen LogP contribution in [0.5, 0.6) is 5.75 Å². The summed E-state index contributed by atoms with van der Waals surface area (Å²) in [5.74, 6) is -1.01. The Kier molecular flexibility index (Phi) is 5.79. The summed E-state index contributed by atoms with van der Waals surface area (Å²) in [6.45, 7) is 1.51. The fraction of sp³-hybridized carbons (Fsp3) is 0.455. The van der Waals surface area contributed by atoms with Crippen molar-refractivity contribution in [2.24, 2.45) is 10.9 Å². The van der Waals surface area contributed by atoms with Crippen molar-refractivity contribution in [3.63, 3.8) is 0 Å². The fourth-order valence-corrected chi connectivity index (χ4v) is 4.57. The quantitative estimate of drug-likeness (QED) is 0.661. The van der Waals surface area contributed by atoms with Gasteiger partial charge in [0.2, 0.25) is 0 Å². The summed E-state index contributed by atoms with van der Waals surface area (Å²) in [5.41, 5.74) is 1.39. The molecule has 1 aliphatic carbocycles. The maximum atomic E-state index is 12.8. The number of halogens is 3. The summed E-state index contributed by atoms with van der Waals surface area (Å²) >= 11 is 0. The van der Waals surface area contributed by atoms with E-state index in [4.69, 9.17) is 0 Å². The van der Waals surface area contributed by atoms with Crippen LogP contribution in [0.3, 0.4) is 0 Å². The zero-order valence-electron chi connectivity index (χ0n) is 16.8. The van der Waals surface area contributed by atoms with Crippen molar-refractivity contribution in [2.75, 3.05) is 19.6 Å². The smallest absolute Gasteiger partial charge is 0.511 e. The van der Waals surface area contributed by atoms with Crippen molar-refractivity contribution in [1.29, 1.82) is 0 Å². The van der Waals surface area contributed by atoms with Crippen molar-refractivity contribution >= 4 is 12.1 Å². The Balaban J connectivity index is 1.48. The average molecular weight is 435 g/mol. The third kappa shape index (κ3) is 4.61. The number of benzene rings is 1. The molecule has 6 nitrogen and oxygen atoms in total. The lowest BCUT2D eigenvalue weighted by Gasteiger charge is -2.31. The van der Waals surface area contributed by atoms with Gasteiger partial charge in [0.25, 0.3) is 5.91 Å². The second kappa shape index (κ2) is 8.37. The van der Waals surface area contributed by atoms with Gasteiger partial charge in [-0.1, -0.05) is 25.0 Å². The van der Waals surface area contributed by atoms with Gasteiger partial charge in [0.15, 0.2) is 0 Å².